The van der Waals surface area contributed by atoms with Crippen LogP contribution in [0.25, 0.3) is 0 Å². The number of carbonyl (C=O) groups excluding carboxylic acids is 3. The molecule has 28 heavy (non-hydrogen) atoms. The Morgan fingerprint density at radius 2 is 1.36 bits per heavy atom. The highest BCUT2D eigenvalue weighted by molar-refractivity contribution is 5.89. The number of esters is 1. The van der Waals surface area contributed by atoms with E-state index in [9.17, 15) is 14.4 Å². The second kappa shape index (κ2) is 9.57. The van der Waals surface area contributed by atoms with Gasteiger partial charge in [-0.3, -0.25) is 4.79 Å². The van der Waals surface area contributed by atoms with Crippen molar-refractivity contribution in [3.8, 4) is 0 Å². The number of methoxy groups -OCH3 is 1. The van der Waals surface area contributed by atoms with E-state index >= 15 is 0 Å². The van der Waals surface area contributed by atoms with Gasteiger partial charge in [0.2, 0.25) is 0 Å². The predicted octanol–water partition coefficient (Wildman–Crippen LogP) is 4.33. The standard InChI is InChI=1S/C21H31NO6/c1-20(2,3)27-18(24)22(19(25)28-21(4,5)6)16(14-17(23)26-7)13-15-11-9-8-10-12-15/h8-12,16H,13-14H2,1-7H3/t16-/m0/s1. The van der Waals surface area contributed by atoms with Crippen molar-refractivity contribution in [2.75, 3.05) is 7.11 Å². The molecule has 0 aromatic heterocycles. The Labute approximate surface area is 166 Å². The zero-order valence-corrected chi connectivity index (χ0v) is 17.8. The number of amides is 2. The lowest BCUT2D eigenvalue weighted by Gasteiger charge is -2.33. The Morgan fingerprint density at radius 3 is 1.75 bits per heavy atom. The van der Waals surface area contributed by atoms with Crippen molar-refractivity contribution >= 4 is 18.2 Å². The molecule has 0 aliphatic rings. The summed E-state index contributed by atoms with van der Waals surface area (Å²) in [6.07, 6.45) is -1.66. The monoisotopic (exact) mass is 393 g/mol. The maximum atomic E-state index is 12.8. The molecule has 0 bridgehead atoms. The predicted molar refractivity (Wildman–Crippen MR) is 105 cm³/mol. The van der Waals surface area contributed by atoms with Crippen molar-refractivity contribution < 1.29 is 28.6 Å². The molecule has 1 atom stereocenters. The summed E-state index contributed by atoms with van der Waals surface area (Å²) in [7, 11) is 1.26. The van der Waals surface area contributed by atoms with Crippen LogP contribution in [0.15, 0.2) is 30.3 Å². The van der Waals surface area contributed by atoms with Crippen molar-refractivity contribution in [1.29, 1.82) is 0 Å². The average Bonchev–Trinajstić information content (AvgIpc) is 2.52. The van der Waals surface area contributed by atoms with E-state index in [1.54, 1.807) is 41.5 Å². The molecule has 1 rings (SSSR count). The van der Waals surface area contributed by atoms with Gasteiger partial charge in [0, 0.05) is 0 Å². The zero-order chi connectivity index (χ0) is 21.5. The van der Waals surface area contributed by atoms with Crippen LogP contribution in [0.1, 0.15) is 53.5 Å². The summed E-state index contributed by atoms with van der Waals surface area (Å²) in [6, 6.07) is 8.43. The third-order valence-electron chi connectivity index (χ3n) is 3.49. The molecule has 0 fully saturated rings. The molecule has 1 aromatic carbocycles. The minimum absolute atomic E-state index is 0.177. The first-order valence-electron chi connectivity index (χ1n) is 9.18. The van der Waals surface area contributed by atoms with Crippen LogP contribution in [0.3, 0.4) is 0 Å². The highest BCUT2D eigenvalue weighted by Crippen LogP contribution is 2.21. The Balaban J connectivity index is 3.27. The quantitative estimate of drug-likeness (QED) is 0.547. The first-order valence-corrected chi connectivity index (χ1v) is 9.18. The molecule has 2 amide bonds. The fourth-order valence-corrected chi connectivity index (χ4v) is 2.41. The van der Waals surface area contributed by atoms with E-state index in [4.69, 9.17) is 14.2 Å². The molecule has 0 aliphatic carbocycles. The molecule has 1 aromatic rings. The molecule has 0 spiro atoms. The van der Waals surface area contributed by atoms with Crippen molar-refractivity contribution in [2.24, 2.45) is 0 Å². The smallest absolute Gasteiger partial charge is 0.420 e. The number of hydrogen-bond donors (Lipinski definition) is 0. The molecule has 0 saturated carbocycles. The summed E-state index contributed by atoms with van der Waals surface area (Å²) in [5.74, 6) is -0.543. The fraction of sp³-hybridized carbons (Fsp3) is 0.571. The highest BCUT2D eigenvalue weighted by atomic mass is 16.6. The van der Waals surface area contributed by atoms with Gasteiger partial charge in [0.1, 0.15) is 11.2 Å². The molecule has 0 heterocycles. The number of carbonyl (C=O) groups is 3. The molecular weight excluding hydrogens is 362 g/mol. The third-order valence-corrected chi connectivity index (χ3v) is 3.49. The van der Waals surface area contributed by atoms with E-state index in [2.05, 4.69) is 0 Å². The van der Waals surface area contributed by atoms with Crippen LogP contribution in [0, 0.1) is 0 Å². The first kappa shape index (κ1) is 23.5. The Kier molecular flexibility index (Phi) is 8.02. The molecule has 0 N–H and O–H groups in total. The number of ether oxygens (including phenoxy) is 3. The maximum Gasteiger partial charge on any atom is 0.420 e. The van der Waals surface area contributed by atoms with E-state index in [1.165, 1.54) is 7.11 Å². The van der Waals surface area contributed by atoms with Gasteiger partial charge in [-0.25, -0.2) is 14.5 Å². The minimum atomic E-state index is -0.869. The summed E-state index contributed by atoms with van der Waals surface area (Å²) in [4.78, 5) is 38.5. The van der Waals surface area contributed by atoms with Crippen LogP contribution in [-0.4, -0.2) is 47.4 Å². The normalized spacial score (nSPS) is 12.7. The fourth-order valence-electron chi connectivity index (χ4n) is 2.41. The van der Waals surface area contributed by atoms with Gasteiger partial charge in [-0.2, -0.15) is 0 Å². The number of hydrogen-bond acceptors (Lipinski definition) is 6. The van der Waals surface area contributed by atoms with Crippen LogP contribution in [0.2, 0.25) is 0 Å². The van der Waals surface area contributed by atoms with Gasteiger partial charge < -0.3 is 14.2 Å². The van der Waals surface area contributed by atoms with Gasteiger partial charge in [0.15, 0.2) is 0 Å². The Bertz CT molecular complexity index is 644. The lowest BCUT2D eigenvalue weighted by molar-refractivity contribution is -0.141. The summed E-state index contributed by atoms with van der Waals surface area (Å²) in [5, 5.41) is 0. The lowest BCUT2D eigenvalue weighted by atomic mass is 10.0. The van der Waals surface area contributed by atoms with Crippen LogP contribution in [0.5, 0.6) is 0 Å². The van der Waals surface area contributed by atoms with Gasteiger partial charge in [-0.05, 0) is 53.5 Å². The lowest BCUT2D eigenvalue weighted by Crippen LogP contribution is -2.50. The molecule has 7 heteroatoms. The largest absolute Gasteiger partial charge is 0.469 e. The second-order valence-corrected chi connectivity index (χ2v) is 8.45. The van der Waals surface area contributed by atoms with E-state index < -0.39 is 35.4 Å². The summed E-state index contributed by atoms with van der Waals surface area (Å²) in [5.41, 5.74) is -0.784. The van der Waals surface area contributed by atoms with Crippen molar-refractivity contribution in [2.45, 2.75) is 71.6 Å². The molecule has 0 saturated heterocycles. The molecule has 0 unspecified atom stereocenters. The van der Waals surface area contributed by atoms with E-state index in [-0.39, 0.29) is 12.8 Å². The first-order chi connectivity index (χ1) is 12.8. The number of rotatable bonds is 5. The summed E-state index contributed by atoms with van der Waals surface area (Å²) < 4.78 is 15.6. The highest BCUT2D eigenvalue weighted by Gasteiger charge is 2.37. The average molecular weight is 393 g/mol. The zero-order valence-electron chi connectivity index (χ0n) is 17.8. The number of imide groups is 1. The van der Waals surface area contributed by atoms with Crippen molar-refractivity contribution in [1.82, 2.24) is 4.90 Å². The van der Waals surface area contributed by atoms with Crippen LogP contribution in [0.4, 0.5) is 9.59 Å². The molecule has 156 valence electrons. The molecule has 0 radical (unpaired) electrons. The molecular formula is C21H31NO6. The minimum Gasteiger partial charge on any atom is -0.469 e. The Morgan fingerprint density at radius 1 is 0.893 bits per heavy atom. The van der Waals surface area contributed by atoms with Crippen LogP contribution in [-0.2, 0) is 25.4 Å². The molecule has 7 nitrogen and oxygen atoms in total. The summed E-state index contributed by atoms with van der Waals surface area (Å²) >= 11 is 0. The SMILES string of the molecule is COC(=O)C[C@H](Cc1ccccc1)N(C(=O)OC(C)(C)C)C(=O)OC(C)(C)C. The van der Waals surface area contributed by atoms with E-state index in [0.29, 0.717) is 0 Å². The van der Waals surface area contributed by atoms with Crippen LogP contribution >= 0.6 is 0 Å². The van der Waals surface area contributed by atoms with E-state index in [1.807, 2.05) is 30.3 Å². The van der Waals surface area contributed by atoms with Crippen LogP contribution < -0.4 is 0 Å². The van der Waals surface area contributed by atoms with Gasteiger partial charge in [-0.15, -0.1) is 0 Å². The Hall–Kier alpha value is -2.57. The van der Waals surface area contributed by atoms with Gasteiger partial charge in [0.05, 0.1) is 19.6 Å². The van der Waals surface area contributed by atoms with Crippen molar-refractivity contribution in [3.63, 3.8) is 0 Å². The van der Waals surface area contributed by atoms with E-state index in [0.717, 1.165) is 10.5 Å². The summed E-state index contributed by atoms with van der Waals surface area (Å²) in [6.45, 7) is 10.2. The number of benzene rings is 1. The topological polar surface area (TPSA) is 82.1 Å². The van der Waals surface area contributed by atoms with Gasteiger partial charge in [-0.1, -0.05) is 30.3 Å². The third kappa shape index (κ3) is 8.41. The number of nitrogens with zero attached hydrogens (tertiary/aromatic N) is 1. The van der Waals surface area contributed by atoms with Gasteiger partial charge in [0.25, 0.3) is 0 Å². The molecule has 0 aliphatic heterocycles. The van der Waals surface area contributed by atoms with Gasteiger partial charge >= 0.3 is 18.2 Å². The maximum absolute atomic E-state index is 12.8. The second-order valence-electron chi connectivity index (χ2n) is 8.45. The van der Waals surface area contributed by atoms with Crippen molar-refractivity contribution in [3.05, 3.63) is 35.9 Å².